The van der Waals surface area contributed by atoms with Crippen LogP contribution in [0.1, 0.15) is 16.7 Å². The van der Waals surface area contributed by atoms with Crippen LogP contribution in [0.5, 0.6) is 11.5 Å². The van der Waals surface area contributed by atoms with Gasteiger partial charge in [-0.25, -0.2) is 0 Å². The maximum Gasteiger partial charge on any atom is 0.276 e. The van der Waals surface area contributed by atoms with Crippen molar-refractivity contribution in [1.29, 1.82) is 0 Å². The SMILES string of the molecule is COc1cc(CCNC(=O)CSc2cc(C)c(Br)cc2C)c([N+](=O)[O-])cc1OC. The van der Waals surface area contributed by atoms with Crippen LogP contribution in [0.25, 0.3) is 0 Å². The van der Waals surface area contributed by atoms with Crippen molar-refractivity contribution in [3.8, 4) is 11.5 Å². The molecule has 0 bridgehead atoms. The average molecular weight is 483 g/mol. The quantitative estimate of drug-likeness (QED) is 0.322. The number of nitrogens with one attached hydrogen (secondary N) is 1. The third kappa shape index (κ3) is 6.11. The van der Waals surface area contributed by atoms with Crippen LogP contribution in [0, 0.1) is 24.0 Å². The first-order valence-corrected chi connectivity index (χ1v) is 10.6. The summed E-state index contributed by atoms with van der Waals surface area (Å²) < 4.78 is 11.4. The average Bonchev–Trinajstić information content (AvgIpc) is 2.69. The number of thioether (sulfide) groups is 1. The van der Waals surface area contributed by atoms with E-state index in [0.29, 0.717) is 23.5 Å². The van der Waals surface area contributed by atoms with Gasteiger partial charge in [0.25, 0.3) is 5.69 Å². The molecule has 0 heterocycles. The number of carbonyl (C=O) groups is 1. The monoisotopic (exact) mass is 482 g/mol. The van der Waals surface area contributed by atoms with Gasteiger partial charge in [0.1, 0.15) is 0 Å². The third-order valence-electron chi connectivity index (χ3n) is 4.31. The van der Waals surface area contributed by atoms with E-state index < -0.39 is 4.92 Å². The Morgan fingerprint density at radius 1 is 1.14 bits per heavy atom. The Morgan fingerprint density at radius 2 is 1.79 bits per heavy atom. The summed E-state index contributed by atoms with van der Waals surface area (Å²) in [6.45, 7) is 4.29. The predicted molar refractivity (Wildman–Crippen MR) is 117 cm³/mol. The summed E-state index contributed by atoms with van der Waals surface area (Å²) in [5, 5.41) is 14.2. The number of nitrogens with zero attached hydrogens (tertiary/aromatic N) is 1. The van der Waals surface area contributed by atoms with Gasteiger partial charge in [0, 0.05) is 21.5 Å². The second-order valence-electron chi connectivity index (χ2n) is 6.35. The van der Waals surface area contributed by atoms with Crippen LogP contribution in [0.4, 0.5) is 5.69 Å². The lowest BCUT2D eigenvalue weighted by Gasteiger charge is -2.11. The highest BCUT2D eigenvalue weighted by Gasteiger charge is 2.19. The number of methoxy groups -OCH3 is 2. The number of halogens is 1. The van der Waals surface area contributed by atoms with Crippen LogP contribution in [0.3, 0.4) is 0 Å². The normalized spacial score (nSPS) is 10.5. The molecule has 156 valence electrons. The minimum absolute atomic E-state index is 0.0627. The van der Waals surface area contributed by atoms with E-state index in [1.54, 1.807) is 6.07 Å². The van der Waals surface area contributed by atoms with Gasteiger partial charge >= 0.3 is 0 Å². The summed E-state index contributed by atoms with van der Waals surface area (Å²) in [6, 6.07) is 6.99. The topological polar surface area (TPSA) is 90.7 Å². The maximum absolute atomic E-state index is 12.2. The molecule has 0 spiro atoms. The molecular weight excluding hydrogens is 460 g/mol. The lowest BCUT2D eigenvalue weighted by Crippen LogP contribution is -2.27. The Balaban J connectivity index is 1.96. The predicted octanol–water partition coefficient (Wildman–Crippen LogP) is 4.44. The standard InChI is InChI=1S/C20H23BrN2O5S/c1-12-8-19(13(2)7-15(12)21)29-11-20(24)22-6-5-14-9-17(27-3)18(28-4)10-16(14)23(25)26/h7-10H,5-6,11H2,1-4H3,(H,22,24). The number of amides is 1. The van der Waals surface area contributed by atoms with Gasteiger partial charge in [-0.2, -0.15) is 0 Å². The van der Waals surface area contributed by atoms with Gasteiger partial charge in [0.05, 0.1) is 31.0 Å². The van der Waals surface area contributed by atoms with Crippen LogP contribution in [0.15, 0.2) is 33.6 Å². The first kappa shape index (κ1) is 23.0. The Morgan fingerprint density at radius 3 is 2.41 bits per heavy atom. The van der Waals surface area contributed by atoms with E-state index in [4.69, 9.17) is 9.47 Å². The van der Waals surface area contributed by atoms with E-state index in [2.05, 4.69) is 21.2 Å². The number of hydrogen-bond donors (Lipinski definition) is 1. The molecule has 0 saturated heterocycles. The van der Waals surface area contributed by atoms with Crippen LogP contribution >= 0.6 is 27.7 Å². The summed E-state index contributed by atoms with van der Waals surface area (Å²) in [4.78, 5) is 24.1. The number of ether oxygens (including phenoxy) is 2. The Bertz CT molecular complexity index is 920. The fourth-order valence-electron chi connectivity index (χ4n) is 2.72. The van der Waals surface area contributed by atoms with Crippen LogP contribution < -0.4 is 14.8 Å². The van der Waals surface area contributed by atoms with Gasteiger partial charge in [-0.05, 0) is 49.6 Å². The molecule has 0 aliphatic rings. The van der Waals surface area contributed by atoms with Crippen molar-refractivity contribution in [3.05, 3.63) is 55.5 Å². The van der Waals surface area contributed by atoms with Crippen molar-refractivity contribution in [3.63, 3.8) is 0 Å². The molecule has 9 heteroatoms. The molecule has 2 rings (SSSR count). The fraction of sp³-hybridized carbons (Fsp3) is 0.350. The van der Waals surface area contributed by atoms with Crippen molar-refractivity contribution in [1.82, 2.24) is 5.32 Å². The lowest BCUT2D eigenvalue weighted by atomic mass is 10.1. The number of hydrogen-bond acceptors (Lipinski definition) is 6. The summed E-state index contributed by atoms with van der Waals surface area (Å²) in [5.74, 6) is 0.855. The fourth-order valence-corrected chi connectivity index (χ4v) is 4.11. The number of aryl methyl sites for hydroxylation is 2. The minimum Gasteiger partial charge on any atom is -0.493 e. The Labute approximate surface area is 182 Å². The molecule has 0 aromatic heterocycles. The minimum atomic E-state index is -0.465. The molecule has 7 nitrogen and oxygen atoms in total. The van der Waals surface area contributed by atoms with Crippen molar-refractivity contribution in [2.24, 2.45) is 0 Å². The first-order valence-electron chi connectivity index (χ1n) is 8.82. The van der Waals surface area contributed by atoms with Gasteiger partial charge in [-0.1, -0.05) is 15.9 Å². The number of benzene rings is 2. The molecule has 0 unspecified atom stereocenters. The van der Waals surface area contributed by atoms with Crippen molar-refractivity contribution >= 4 is 39.3 Å². The van der Waals surface area contributed by atoms with E-state index >= 15 is 0 Å². The molecule has 0 radical (unpaired) electrons. The zero-order valence-corrected chi connectivity index (χ0v) is 19.1. The molecule has 0 fully saturated rings. The summed E-state index contributed by atoms with van der Waals surface area (Å²) in [6.07, 6.45) is 0.309. The van der Waals surface area contributed by atoms with E-state index in [1.807, 2.05) is 26.0 Å². The highest BCUT2D eigenvalue weighted by atomic mass is 79.9. The van der Waals surface area contributed by atoms with Gasteiger partial charge in [-0.3, -0.25) is 14.9 Å². The van der Waals surface area contributed by atoms with Crippen molar-refractivity contribution in [2.75, 3.05) is 26.5 Å². The molecule has 0 aliphatic carbocycles. The summed E-state index contributed by atoms with van der Waals surface area (Å²) in [7, 11) is 2.89. The molecular formula is C20H23BrN2O5S. The van der Waals surface area contributed by atoms with Gasteiger partial charge < -0.3 is 14.8 Å². The van der Waals surface area contributed by atoms with Crippen molar-refractivity contribution < 1.29 is 19.2 Å². The van der Waals surface area contributed by atoms with Crippen LogP contribution in [-0.2, 0) is 11.2 Å². The zero-order chi connectivity index (χ0) is 21.6. The molecule has 0 aliphatic heterocycles. The lowest BCUT2D eigenvalue weighted by molar-refractivity contribution is -0.385. The number of rotatable bonds is 9. The number of nitro groups is 1. The van der Waals surface area contributed by atoms with Gasteiger partial charge in [-0.15, -0.1) is 11.8 Å². The maximum atomic E-state index is 12.2. The van der Waals surface area contributed by atoms with Crippen molar-refractivity contribution in [2.45, 2.75) is 25.2 Å². The van der Waals surface area contributed by atoms with Gasteiger partial charge in [0.2, 0.25) is 5.91 Å². The second kappa shape index (κ2) is 10.5. The largest absolute Gasteiger partial charge is 0.493 e. The van der Waals surface area contributed by atoms with E-state index in [9.17, 15) is 14.9 Å². The van der Waals surface area contributed by atoms with Crippen LogP contribution in [0.2, 0.25) is 0 Å². The zero-order valence-electron chi connectivity index (χ0n) is 16.7. The highest BCUT2D eigenvalue weighted by Crippen LogP contribution is 2.34. The number of nitro benzene ring substituents is 1. The number of carbonyl (C=O) groups excluding carboxylic acids is 1. The molecule has 2 aromatic carbocycles. The molecule has 1 amide bonds. The van der Waals surface area contributed by atoms with Gasteiger partial charge in [0.15, 0.2) is 11.5 Å². The summed E-state index contributed by atoms with van der Waals surface area (Å²) in [5.41, 5.74) is 2.62. The molecule has 0 saturated carbocycles. The van der Waals surface area contributed by atoms with Crippen LogP contribution in [-0.4, -0.2) is 37.3 Å². The van der Waals surface area contributed by atoms with E-state index in [-0.39, 0.29) is 23.9 Å². The third-order valence-corrected chi connectivity index (χ3v) is 6.32. The first-order chi connectivity index (χ1) is 13.8. The Kier molecular flexibility index (Phi) is 8.33. The van der Waals surface area contributed by atoms with E-state index in [0.717, 1.165) is 20.5 Å². The molecule has 2 aromatic rings. The smallest absolute Gasteiger partial charge is 0.276 e. The second-order valence-corrected chi connectivity index (χ2v) is 8.22. The Hall–Kier alpha value is -2.26. The molecule has 1 N–H and O–H groups in total. The molecule has 29 heavy (non-hydrogen) atoms. The van der Waals surface area contributed by atoms with E-state index in [1.165, 1.54) is 32.0 Å². The highest BCUT2D eigenvalue weighted by molar-refractivity contribution is 9.10. The molecule has 0 atom stereocenters. The summed E-state index contributed by atoms with van der Waals surface area (Å²) >= 11 is 4.96.